The van der Waals surface area contributed by atoms with Gasteiger partial charge in [0.05, 0.1) is 20.9 Å². The second-order valence-corrected chi connectivity index (χ2v) is 18.1. The average Bonchev–Trinajstić information content (AvgIpc) is 2.95. The summed E-state index contributed by atoms with van der Waals surface area (Å²) in [6, 6.07) is 32.9. The zero-order valence-corrected chi connectivity index (χ0v) is 26.9. The summed E-state index contributed by atoms with van der Waals surface area (Å²) in [6.45, 7) is 11.7. The van der Waals surface area contributed by atoms with Crippen LogP contribution in [0.5, 0.6) is 23.0 Å². The van der Waals surface area contributed by atoms with Crippen LogP contribution in [0.3, 0.4) is 0 Å². The molecule has 4 aromatic rings. The van der Waals surface area contributed by atoms with E-state index in [0.29, 0.717) is 33.6 Å². The quantitative estimate of drug-likeness (QED) is 0.126. The van der Waals surface area contributed by atoms with Crippen LogP contribution in [0.1, 0.15) is 41.5 Å². The predicted molar refractivity (Wildman–Crippen MR) is 172 cm³/mol. The molecule has 6 nitrogen and oxygen atoms in total. The lowest BCUT2D eigenvalue weighted by Crippen LogP contribution is -2.29. The molecular weight excluding hydrogens is 566 g/mol. The van der Waals surface area contributed by atoms with Crippen molar-refractivity contribution in [3.63, 3.8) is 0 Å². The standard InChI is InChI=1S/C34H40O6P2/c1-33(2,3)41(35,39-27-17-9-7-10-18-27)31-23-15-13-21-29(31)37-25-26-38-30-22-14-16-24-32(30)42(36,34(4,5)6)40-28-19-11-8-12-20-28/h7-24H,25-26H2,1-6H3. The zero-order valence-electron chi connectivity index (χ0n) is 25.2. The maximum Gasteiger partial charge on any atom is 0.286 e. The molecule has 0 saturated carbocycles. The van der Waals surface area contributed by atoms with Crippen molar-refractivity contribution in [2.75, 3.05) is 13.2 Å². The highest BCUT2D eigenvalue weighted by atomic mass is 31.2. The molecule has 0 amide bonds. The summed E-state index contributed by atoms with van der Waals surface area (Å²) in [4.78, 5) is 0. The zero-order chi connectivity index (χ0) is 30.4. The number of ether oxygens (including phenoxy) is 2. The molecule has 0 aliphatic rings. The van der Waals surface area contributed by atoms with Crippen molar-refractivity contribution in [2.24, 2.45) is 0 Å². The van der Waals surface area contributed by atoms with E-state index in [1.165, 1.54) is 0 Å². The summed E-state index contributed by atoms with van der Waals surface area (Å²) in [5.74, 6) is 2.01. The number of hydrogen-bond donors (Lipinski definition) is 0. The molecule has 2 unspecified atom stereocenters. The van der Waals surface area contributed by atoms with Gasteiger partial charge in [0.1, 0.15) is 36.2 Å². The predicted octanol–water partition coefficient (Wildman–Crippen LogP) is 8.71. The number of hydrogen-bond acceptors (Lipinski definition) is 6. The van der Waals surface area contributed by atoms with Gasteiger partial charge in [-0.25, -0.2) is 0 Å². The molecule has 0 fully saturated rings. The Balaban J connectivity index is 1.54. The Kier molecular flexibility index (Phi) is 9.60. The first-order valence-electron chi connectivity index (χ1n) is 14.0. The minimum Gasteiger partial charge on any atom is -0.489 e. The van der Waals surface area contributed by atoms with Gasteiger partial charge in [-0.05, 0) is 90.1 Å². The molecule has 0 saturated heterocycles. The second-order valence-electron chi connectivity index (χ2n) is 11.9. The third kappa shape index (κ3) is 6.94. The van der Waals surface area contributed by atoms with Gasteiger partial charge in [-0.2, -0.15) is 0 Å². The number of benzene rings is 4. The van der Waals surface area contributed by atoms with Crippen molar-refractivity contribution in [3.05, 3.63) is 109 Å². The van der Waals surface area contributed by atoms with Crippen molar-refractivity contribution < 1.29 is 27.7 Å². The lowest BCUT2D eigenvalue weighted by atomic mass is 10.3. The molecule has 0 aliphatic carbocycles. The maximum absolute atomic E-state index is 14.5. The summed E-state index contributed by atoms with van der Waals surface area (Å²) < 4.78 is 53.7. The van der Waals surface area contributed by atoms with Gasteiger partial charge in [0.2, 0.25) is 0 Å². The van der Waals surface area contributed by atoms with Crippen LogP contribution >= 0.6 is 14.7 Å². The summed E-state index contributed by atoms with van der Waals surface area (Å²) in [5.41, 5.74) is 0. The molecule has 0 N–H and O–H groups in total. The monoisotopic (exact) mass is 606 g/mol. The first-order valence-corrected chi connectivity index (χ1v) is 17.2. The third-order valence-electron chi connectivity index (χ3n) is 6.68. The minimum atomic E-state index is -3.42. The van der Waals surface area contributed by atoms with Crippen LogP contribution in [-0.2, 0) is 9.13 Å². The fourth-order valence-corrected chi connectivity index (χ4v) is 8.75. The molecule has 42 heavy (non-hydrogen) atoms. The molecule has 0 bridgehead atoms. The Morgan fingerprint density at radius 2 is 0.786 bits per heavy atom. The van der Waals surface area contributed by atoms with Crippen LogP contribution in [0.2, 0.25) is 0 Å². The van der Waals surface area contributed by atoms with E-state index in [0.717, 1.165) is 0 Å². The van der Waals surface area contributed by atoms with E-state index in [-0.39, 0.29) is 13.2 Å². The topological polar surface area (TPSA) is 71.1 Å². The highest BCUT2D eigenvalue weighted by Gasteiger charge is 2.44. The highest BCUT2D eigenvalue weighted by molar-refractivity contribution is 7.69. The summed E-state index contributed by atoms with van der Waals surface area (Å²) in [6.07, 6.45) is 0. The molecule has 0 radical (unpaired) electrons. The van der Waals surface area contributed by atoms with E-state index >= 15 is 0 Å². The smallest absolute Gasteiger partial charge is 0.286 e. The van der Waals surface area contributed by atoms with E-state index in [1.54, 1.807) is 48.5 Å². The van der Waals surface area contributed by atoms with Gasteiger partial charge in [-0.1, -0.05) is 60.7 Å². The van der Waals surface area contributed by atoms with E-state index < -0.39 is 25.0 Å². The SMILES string of the molecule is CC(C)(C)P(=O)(Oc1ccccc1)c1ccccc1OCCOc1ccccc1P(=O)(Oc1ccccc1)C(C)(C)C. The second kappa shape index (κ2) is 12.8. The molecule has 2 atom stereocenters. The molecule has 0 spiro atoms. The Labute approximate surface area is 249 Å². The Hall–Kier alpha value is -3.46. The van der Waals surface area contributed by atoms with Crippen LogP contribution < -0.4 is 29.1 Å². The Morgan fingerprint density at radius 3 is 1.12 bits per heavy atom. The maximum atomic E-state index is 14.5. The summed E-state index contributed by atoms with van der Waals surface area (Å²) in [7, 11) is -6.85. The van der Waals surface area contributed by atoms with Crippen molar-refractivity contribution in [1.82, 2.24) is 0 Å². The number of rotatable bonds is 11. The molecule has 4 rings (SSSR count). The van der Waals surface area contributed by atoms with Gasteiger partial charge in [0.15, 0.2) is 0 Å². The van der Waals surface area contributed by atoms with Gasteiger partial charge in [-0.3, -0.25) is 9.13 Å². The van der Waals surface area contributed by atoms with Crippen molar-refractivity contribution in [1.29, 1.82) is 0 Å². The lowest BCUT2D eigenvalue weighted by Gasteiger charge is -2.32. The van der Waals surface area contributed by atoms with Crippen molar-refractivity contribution in [2.45, 2.75) is 51.9 Å². The van der Waals surface area contributed by atoms with Crippen LogP contribution in [0.25, 0.3) is 0 Å². The normalized spacial score (nSPS) is 14.7. The van der Waals surface area contributed by atoms with Crippen LogP contribution in [0, 0.1) is 0 Å². The first-order chi connectivity index (χ1) is 19.9. The van der Waals surface area contributed by atoms with Gasteiger partial charge < -0.3 is 18.5 Å². The van der Waals surface area contributed by atoms with E-state index in [4.69, 9.17) is 18.5 Å². The average molecular weight is 607 g/mol. The van der Waals surface area contributed by atoms with Gasteiger partial charge in [0.25, 0.3) is 14.7 Å². The Bertz CT molecular complexity index is 1440. The van der Waals surface area contributed by atoms with Gasteiger partial charge >= 0.3 is 0 Å². The molecule has 0 aromatic heterocycles. The Morgan fingerprint density at radius 1 is 0.476 bits per heavy atom. The van der Waals surface area contributed by atoms with E-state index in [9.17, 15) is 9.13 Å². The molecule has 0 aliphatic heterocycles. The molecule has 0 heterocycles. The minimum absolute atomic E-state index is 0.167. The van der Waals surface area contributed by atoms with E-state index in [2.05, 4.69) is 0 Å². The van der Waals surface area contributed by atoms with Crippen LogP contribution in [-0.4, -0.2) is 23.5 Å². The van der Waals surface area contributed by atoms with Crippen LogP contribution in [0.4, 0.5) is 0 Å². The molecule has 4 aromatic carbocycles. The molecule has 8 heteroatoms. The van der Waals surface area contributed by atoms with Crippen molar-refractivity contribution in [3.8, 4) is 23.0 Å². The third-order valence-corrected chi connectivity index (χ3v) is 13.2. The number of para-hydroxylation sites is 4. The van der Waals surface area contributed by atoms with Crippen LogP contribution in [0.15, 0.2) is 109 Å². The fourth-order valence-electron chi connectivity index (χ4n) is 4.30. The van der Waals surface area contributed by atoms with Gasteiger partial charge in [-0.15, -0.1) is 0 Å². The fraction of sp³-hybridized carbons (Fsp3) is 0.294. The highest BCUT2D eigenvalue weighted by Crippen LogP contribution is 2.59. The summed E-state index contributed by atoms with van der Waals surface area (Å²) >= 11 is 0. The van der Waals surface area contributed by atoms with Crippen molar-refractivity contribution >= 4 is 25.3 Å². The van der Waals surface area contributed by atoms with Gasteiger partial charge in [0, 0.05) is 0 Å². The molecular formula is C34H40O6P2. The lowest BCUT2D eigenvalue weighted by molar-refractivity contribution is 0.219. The van der Waals surface area contributed by atoms with E-state index in [1.807, 2.05) is 102 Å². The molecule has 222 valence electrons. The largest absolute Gasteiger partial charge is 0.489 e. The summed E-state index contributed by atoms with van der Waals surface area (Å²) in [5, 5.41) is -0.361. The first kappa shape index (κ1) is 31.5.